The summed E-state index contributed by atoms with van der Waals surface area (Å²) in [7, 11) is 0. The molecule has 7 heteroatoms. The van der Waals surface area contributed by atoms with Crippen LogP contribution < -0.4 is 15.4 Å². The van der Waals surface area contributed by atoms with Gasteiger partial charge in [-0.1, -0.05) is 32.6 Å². The van der Waals surface area contributed by atoms with Crippen molar-refractivity contribution < 1.29 is 4.74 Å². The predicted octanol–water partition coefficient (Wildman–Crippen LogP) is 4.77. The van der Waals surface area contributed by atoms with Crippen molar-refractivity contribution in [2.24, 2.45) is 4.99 Å². The van der Waals surface area contributed by atoms with Crippen molar-refractivity contribution in [3.8, 4) is 17.1 Å². The monoisotopic (exact) mass is 395 g/mol. The third kappa shape index (κ3) is 4.86. The molecule has 0 unspecified atom stereocenters. The summed E-state index contributed by atoms with van der Waals surface area (Å²) in [6.07, 6.45) is 8.13. The molecule has 146 valence electrons. The summed E-state index contributed by atoms with van der Waals surface area (Å²) in [6.45, 7) is 11.6. The predicted molar refractivity (Wildman–Crippen MR) is 117 cm³/mol. The fourth-order valence-corrected chi connectivity index (χ4v) is 3.49. The molecular formula is C21H25N5OS. The number of allylic oxidation sites excluding steroid dienone is 3. The van der Waals surface area contributed by atoms with Crippen molar-refractivity contribution in [1.29, 1.82) is 0 Å². The van der Waals surface area contributed by atoms with Gasteiger partial charge >= 0.3 is 0 Å². The fraction of sp³-hybridized carbons (Fsp3) is 0.286. The van der Waals surface area contributed by atoms with E-state index in [1.807, 2.05) is 23.6 Å². The Labute approximate surface area is 169 Å². The van der Waals surface area contributed by atoms with Crippen LogP contribution in [0.2, 0.25) is 0 Å². The minimum absolute atomic E-state index is 0.498. The molecule has 6 nitrogen and oxygen atoms in total. The molecule has 0 spiro atoms. The molecule has 1 aliphatic rings. The van der Waals surface area contributed by atoms with Crippen LogP contribution in [0.4, 0.5) is 5.13 Å². The second-order valence-corrected chi connectivity index (χ2v) is 7.04. The van der Waals surface area contributed by atoms with Crippen LogP contribution >= 0.6 is 11.3 Å². The third-order valence-electron chi connectivity index (χ3n) is 4.15. The molecule has 2 N–H and O–H groups in total. The number of pyridine rings is 1. The average molecular weight is 396 g/mol. The van der Waals surface area contributed by atoms with Gasteiger partial charge in [-0.05, 0) is 36.6 Å². The van der Waals surface area contributed by atoms with Gasteiger partial charge in [0.2, 0.25) is 5.88 Å². The van der Waals surface area contributed by atoms with Gasteiger partial charge in [-0.25, -0.2) is 9.97 Å². The first-order valence-corrected chi connectivity index (χ1v) is 10.2. The maximum atomic E-state index is 6.10. The van der Waals surface area contributed by atoms with Gasteiger partial charge in [0.25, 0.3) is 0 Å². The number of hydrogen-bond donors (Lipinski definition) is 2. The first kappa shape index (κ1) is 19.8. The zero-order chi connectivity index (χ0) is 19.8. The number of aromatic nitrogens is 2. The van der Waals surface area contributed by atoms with E-state index in [1.54, 1.807) is 12.3 Å². The van der Waals surface area contributed by atoms with Gasteiger partial charge in [-0.15, -0.1) is 11.3 Å². The van der Waals surface area contributed by atoms with E-state index < -0.39 is 0 Å². The summed E-state index contributed by atoms with van der Waals surface area (Å²) in [5.74, 6) is 1.94. The van der Waals surface area contributed by atoms with Crippen LogP contribution in [0.25, 0.3) is 11.3 Å². The van der Waals surface area contributed by atoms with E-state index in [-0.39, 0.29) is 0 Å². The minimum Gasteiger partial charge on any atom is -0.438 e. The maximum Gasteiger partial charge on any atom is 0.228 e. The van der Waals surface area contributed by atoms with E-state index in [9.17, 15) is 0 Å². The van der Waals surface area contributed by atoms with Gasteiger partial charge in [0.05, 0.1) is 11.3 Å². The summed E-state index contributed by atoms with van der Waals surface area (Å²) in [6, 6.07) is 3.82. The lowest BCUT2D eigenvalue weighted by Gasteiger charge is -2.14. The Kier molecular flexibility index (Phi) is 6.97. The zero-order valence-corrected chi connectivity index (χ0v) is 16.9. The number of aliphatic imine (C=N–C) groups is 1. The maximum absolute atomic E-state index is 6.10. The van der Waals surface area contributed by atoms with E-state index >= 15 is 0 Å². The highest BCUT2D eigenvalue weighted by molar-refractivity contribution is 7.14. The lowest BCUT2D eigenvalue weighted by molar-refractivity contribution is 0.422. The van der Waals surface area contributed by atoms with Crippen LogP contribution in [0, 0.1) is 0 Å². The normalized spacial score (nSPS) is 14.4. The van der Waals surface area contributed by atoms with Gasteiger partial charge in [0.15, 0.2) is 11.1 Å². The number of nitrogens with zero attached hydrogens (tertiary/aromatic N) is 3. The Morgan fingerprint density at radius 2 is 2.29 bits per heavy atom. The molecule has 3 heterocycles. The quantitative estimate of drug-likeness (QED) is 0.497. The summed E-state index contributed by atoms with van der Waals surface area (Å²) >= 11 is 1.52. The molecular weight excluding hydrogens is 370 g/mol. The largest absolute Gasteiger partial charge is 0.438 e. The van der Waals surface area contributed by atoms with E-state index in [0.717, 1.165) is 60.3 Å². The standard InChI is InChI=1S/C21H25N5OS/c1-4-9-15(5-2)18(6-3)27-19-16(10-7-11-22-19)17-14-28-21(25-17)26-20-23-12-8-13-24-20/h5-7,10-11,14H,2-4,8-9,12-13H2,1H3,(H2,23,24,25,26)/b18-15-. The van der Waals surface area contributed by atoms with Crippen LogP contribution in [0.15, 0.2) is 65.3 Å². The van der Waals surface area contributed by atoms with E-state index in [4.69, 9.17) is 4.74 Å². The molecule has 0 amide bonds. The lowest BCUT2D eigenvalue weighted by Crippen LogP contribution is -2.35. The number of thiazole rings is 1. The zero-order valence-electron chi connectivity index (χ0n) is 16.1. The second kappa shape index (κ2) is 9.85. The third-order valence-corrected chi connectivity index (χ3v) is 4.91. The molecule has 0 aliphatic carbocycles. The van der Waals surface area contributed by atoms with E-state index in [0.29, 0.717) is 11.6 Å². The minimum atomic E-state index is 0.498. The highest BCUT2D eigenvalue weighted by Crippen LogP contribution is 2.32. The Hall–Kier alpha value is -2.93. The van der Waals surface area contributed by atoms with Crippen molar-refractivity contribution in [2.75, 3.05) is 18.4 Å². The van der Waals surface area contributed by atoms with E-state index in [2.05, 4.69) is 45.7 Å². The SMILES string of the molecule is C=C/C(CCC)=C(\C=C)Oc1ncccc1-c1csc(NC2=NCCCN2)n1. The molecule has 0 fully saturated rings. The van der Waals surface area contributed by atoms with Crippen molar-refractivity contribution >= 4 is 22.4 Å². The Balaban J connectivity index is 1.85. The number of hydrogen-bond acceptors (Lipinski definition) is 7. The van der Waals surface area contributed by atoms with Crippen molar-refractivity contribution in [1.82, 2.24) is 15.3 Å². The number of ether oxygens (including phenoxy) is 1. The average Bonchev–Trinajstić information content (AvgIpc) is 3.19. The molecule has 2 aromatic rings. The highest BCUT2D eigenvalue weighted by atomic mass is 32.1. The molecule has 2 aromatic heterocycles. The van der Waals surface area contributed by atoms with Gasteiger partial charge in [0, 0.05) is 24.7 Å². The van der Waals surface area contributed by atoms with Gasteiger partial charge in [-0.2, -0.15) is 0 Å². The number of nitrogens with one attached hydrogen (secondary N) is 2. The molecule has 0 saturated heterocycles. The first-order valence-electron chi connectivity index (χ1n) is 9.37. The highest BCUT2D eigenvalue weighted by Gasteiger charge is 2.15. The van der Waals surface area contributed by atoms with Crippen molar-refractivity contribution in [3.63, 3.8) is 0 Å². The number of anilines is 1. The molecule has 1 aliphatic heterocycles. The molecule has 0 aromatic carbocycles. The molecule has 0 saturated carbocycles. The summed E-state index contributed by atoms with van der Waals surface area (Å²) in [5.41, 5.74) is 2.63. The van der Waals surface area contributed by atoms with Crippen LogP contribution in [0.1, 0.15) is 26.2 Å². The summed E-state index contributed by atoms with van der Waals surface area (Å²) in [4.78, 5) is 13.5. The summed E-state index contributed by atoms with van der Waals surface area (Å²) in [5, 5.41) is 9.22. The van der Waals surface area contributed by atoms with Crippen LogP contribution in [-0.4, -0.2) is 29.0 Å². The Bertz CT molecular complexity index is 900. The number of guanidine groups is 1. The lowest BCUT2D eigenvalue weighted by atomic mass is 10.1. The van der Waals surface area contributed by atoms with Crippen molar-refractivity contribution in [2.45, 2.75) is 26.2 Å². The van der Waals surface area contributed by atoms with Gasteiger partial charge < -0.3 is 15.4 Å². The Morgan fingerprint density at radius 1 is 1.39 bits per heavy atom. The fourth-order valence-electron chi connectivity index (χ4n) is 2.78. The van der Waals surface area contributed by atoms with Crippen LogP contribution in [0.5, 0.6) is 5.88 Å². The topological polar surface area (TPSA) is 71.4 Å². The van der Waals surface area contributed by atoms with Crippen LogP contribution in [0.3, 0.4) is 0 Å². The van der Waals surface area contributed by atoms with Gasteiger partial charge in [0.1, 0.15) is 5.76 Å². The van der Waals surface area contributed by atoms with Crippen LogP contribution in [-0.2, 0) is 0 Å². The number of rotatable bonds is 8. The Morgan fingerprint density at radius 3 is 3.00 bits per heavy atom. The molecule has 0 radical (unpaired) electrons. The molecule has 28 heavy (non-hydrogen) atoms. The molecule has 0 bridgehead atoms. The summed E-state index contributed by atoms with van der Waals surface area (Å²) < 4.78 is 6.10. The van der Waals surface area contributed by atoms with Crippen molar-refractivity contribution in [3.05, 3.63) is 60.4 Å². The smallest absolute Gasteiger partial charge is 0.228 e. The first-order chi connectivity index (χ1) is 13.7. The van der Waals surface area contributed by atoms with E-state index in [1.165, 1.54) is 11.3 Å². The molecule has 0 atom stereocenters. The molecule has 3 rings (SSSR count). The second-order valence-electron chi connectivity index (χ2n) is 6.18. The van der Waals surface area contributed by atoms with Gasteiger partial charge in [-0.3, -0.25) is 4.99 Å².